The first kappa shape index (κ1) is 18.9. The van der Waals surface area contributed by atoms with Gasteiger partial charge < -0.3 is 20.3 Å². The number of anilines is 1. The molecule has 1 aromatic rings. The maximum absolute atomic E-state index is 12.2. The first-order chi connectivity index (χ1) is 11.9. The molecule has 0 radical (unpaired) electrons. The summed E-state index contributed by atoms with van der Waals surface area (Å²) in [5.41, 5.74) is 2.26. The summed E-state index contributed by atoms with van der Waals surface area (Å²) in [7, 11) is 0. The third kappa shape index (κ3) is 4.78. The van der Waals surface area contributed by atoms with Crippen LogP contribution in [0.15, 0.2) is 52.7 Å². The second-order valence-corrected chi connectivity index (χ2v) is 6.06. The standard InChI is InChI=1S/C19H25N3O3/c1-4-22(25,5-2)13-12-20-15-6-8-16(9-7-15)21-17-10-11-18(23)14(3)19(17)24/h6-11,20,24H,4-5,12-13H2,1-3H3. The van der Waals surface area contributed by atoms with Crippen LogP contribution in [-0.4, -0.2) is 47.4 Å². The Hall–Kier alpha value is -2.44. The van der Waals surface area contributed by atoms with Crippen molar-refractivity contribution in [2.75, 3.05) is 31.5 Å². The number of hydrogen-bond acceptors (Lipinski definition) is 5. The third-order valence-electron chi connectivity index (χ3n) is 4.48. The van der Waals surface area contributed by atoms with Crippen LogP contribution in [0.2, 0.25) is 0 Å². The predicted molar refractivity (Wildman–Crippen MR) is 101 cm³/mol. The van der Waals surface area contributed by atoms with E-state index in [-0.39, 0.29) is 16.2 Å². The zero-order valence-corrected chi connectivity index (χ0v) is 15.0. The fraction of sp³-hybridized carbons (Fsp3) is 0.368. The number of nitrogens with one attached hydrogen (secondary N) is 1. The van der Waals surface area contributed by atoms with Crippen molar-refractivity contribution in [1.29, 1.82) is 0 Å². The molecule has 0 unspecified atom stereocenters. The van der Waals surface area contributed by atoms with Gasteiger partial charge in [0.1, 0.15) is 11.5 Å². The van der Waals surface area contributed by atoms with Crippen LogP contribution >= 0.6 is 0 Å². The summed E-state index contributed by atoms with van der Waals surface area (Å²) >= 11 is 0. The van der Waals surface area contributed by atoms with Crippen molar-refractivity contribution in [1.82, 2.24) is 0 Å². The number of hydrogen-bond donors (Lipinski definition) is 2. The molecule has 6 nitrogen and oxygen atoms in total. The number of aliphatic hydroxyl groups excluding tert-OH is 1. The minimum absolute atomic E-state index is 0.0848. The SMILES string of the molecule is CC[N+]([O-])(CC)CCNc1ccc(N=C2C=CC(=O)C(C)=C2O)cc1. The van der Waals surface area contributed by atoms with Crippen LogP contribution in [0.4, 0.5) is 11.4 Å². The molecule has 0 aromatic heterocycles. The molecule has 0 bridgehead atoms. The number of nitrogens with zero attached hydrogens (tertiary/aromatic N) is 2. The van der Waals surface area contributed by atoms with Crippen LogP contribution in [0, 0.1) is 5.21 Å². The molecule has 0 aliphatic heterocycles. The second kappa shape index (κ2) is 8.09. The van der Waals surface area contributed by atoms with Gasteiger partial charge in [0.2, 0.25) is 0 Å². The number of carbonyl (C=O) groups excluding carboxylic acids is 1. The van der Waals surface area contributed by atoms with Crippen LogP contribution in [0.5, 0.6) is 0 Å². The van der Waals surface area contributed by atoms with Crippen molar-refractivity contribution in [3.63, 3.8) is 0 Å². The first-order valence-corrected chi connectivity index (χ1v) is 8.51. The fourth-order valence-electron chi connectivity index (χ4n) is 2.49. The van der Waals surface area contributed by atoms with Crippen molar-refractivity contribution in [2.24, 2.45) is 4.99 Å². The van der Waals surface area contributed by atoms with Gasteiger partial charge in [0.15, 0.2) is 5.78 Å². The van der Waals surface area contributed by atoms with Crippen molar-refractivity contribution < 1.29 is 14.5 Å². The molecule has 2 N–H and O–H groups in total. The zero-order valence-electron chi connectivity index (χ0n) is 15.0. The summed E-state index contributed by atoms with van der Waals surface area (Å²) in [6.45, 7) is 7.65. The average molecular weight is 343 g/mol. The van der Waals surface area contributed by atoms with Gasteiger partial charge in [0, 0.05) is 11.3 Å². The zero-order chi connectivity index (χ0) is 18.4. The highest BCUT2D eigenvalue weighted by molar-refractivity contribution is 6.21. The van der Waals surface area contributed by atoms with E-state index in [0.29, 0.717) is 43.2 Å². The molecule has 134 valence electrons. The van der Waals surface area contributed by atoms with Crippen LogP contribution in [0.3, 0.4) is 0 Å². The van der Waals surface area contributed by atoms with E-state index in [2.05, 4.69) is 10.3 Å². The van der Waals surface area contributed by atoms with E-state index >= 15 is 0 Å². The Morgan fingerprint density at radius 1 is 1.16 bits per heavy atom. The molecule has 2 rings (SSSR count). The van der Waals surface area contributed by atoms with Gasteiger partial charge in [-0.25, -0.2) is 4.99 Å². The summed E-state index contributed by atoms with van der Waals surface area (Å²) in [5.74, 6) is -0.290. The summed E-state index contributed by atoms with van der Waals surface area (Å²) in [6, 6.07) is 7.40. The summed E-state index contributed by atoms with van der Waals surface area (Å²) in [6.07, 6.45) is 2.91. The second-order valence-electron chi connectivity index (χ2n) is 6.06. The van der Waals surface area contributed by atoms with Gasteiger partial charge in [0.05, 0.1) is 31.9 Å². The molecule has 1 aliphatic rings. The van der Waals surface area contributed by atoms with Crippen LogP contribution in [-0.2, 0) is 4.79 Å². The minimum Gasteiger partial charge on any atom is -0.633 e. The Balaban J connectivity index is 2.00. The monoisotopic (exact) mass is 343 g/mol. The van der Waals surface area contributed by atoms with E-state index in [1.807, 2.05) is 38.1 Å². The molecule has 1 aliphatic carbocycles. The van der Waals surface area contributed by atoms with Gasteiger partial charge in [-0.2, -0.15) is 0 Å². The van der Waals surface area contributed by atoms with E-state index in [9.17, 15) is 15.1 Å². The molecule has 0 atom stereocenters. The number of ketones is 1. The molecule has 0 fully saturated rings. The van der Waals surface area contributed by atoms with Crippen molar-refractivity contribution in [2.45, 2.75) is 20.8 Å². The highest BCUT2D eigenvalue weighted by atomic mass is 16.5. The van der Waals surface area contributed by atoms with E-state index in [4.69, 9.17) is 0 Å². The first-order valence-electron chi connectivity index (χ1n) is 8.51. The number of rotatable bonds is 7. The van der Waals surface area contributed by atoms with Gasteiger partial charge in [-0.15, -0.1) is 0 Å². The lowest BCUT2D eigenvalue weighted by atomic mass is 10.0. The third-order valence-corrected chi connectivity index (χ3v) is 4.48. The molecule has 0 saturated carbocycles. The molecule has 0 amide bonds. The quantitative estimate of drug-likeness (QED) is 0.451. The van der Waals surface area contributed by atoms with Gasteiger partial charge in [-0.3, -0.25) is 4.79 Å². The fourth-order valence-corrected chi connectivity index (χ4v) is 2.49. The smallest absolute Gasteiger partial charge is 0.185 e. The molecule has 1 aromatic carbocycles. The maximum Gasteiger partial charge on any atom is 0.185 e. The Bertz CT molecular complexity index is 714. The number of aliphatic imine (C=N–C) groups is 1. The van der Waals surface area contributed by atoms with Crippen molar-refractivity contribution >= 4 is 22.9 Å². The number of likely N-dealkylation sites (N-methyl/N-ethyl adjacent to an activating group) is 1. The minimum atomic E-state index is -0.206. The van der Waals surface area contributed by atoms with E-state index < -0.39 is 0 Å². The number of carbonyl (C=O) groups is 1. The van der Waals surface area contributed by atoms with E-state index in [0.717, 1.165) is 5.69 Å². The highest BCUT2D eigenvalue weighted by Gasteiger charge is 2.16. The van der Waals surface area contributed by atoms with Gasteiger partial charge >= 0.3 is 0 Å². The van der Waals surface area contributed by atoms with E-state index in [1.165, 1.54) is 12.2 Å². The summed E-state index contributed by atoms with van der Waals surface area (Å²) in [5, 5.41) is 25.4. The van der Waals surface area contributed by atoms with Crippen LogP contribution in [0.1, 0.15) is 20.8 Å². The van der Waals surface area contributed by atoms with Crippen molar-refractivity contribution in [3.05, 3.63) is 53.0 Å². The Morgan fingerprint density at radius 2 is 1.80 bits per heavy atom. The van der Waals surface area contributed by atoms with Crippen LogP contribution in [0.25, 0.3) is 0 Å². The normalized spacial score (nSPS) is 16.6. The number of allylic oxidation sites excluding steroid dienone is 3. The number of hydroxylamine groups is 3. The van der Waals surface area contributed by atoms with Gasteiger partial charge in [-0.1, -0.05) is 0 Å². The lowest BCUT2D eigenvalue weighted by Crippen LogP contribution is -2.44. The Labute approximate surface area is 148 Å². The Kier molecular flexibility index (Phi) is 6.12. The number of aliphatic hydroxyl groups is 1. The molecular weight excluding hydrogens is 318 g/mol. The number of benzene rings is 1. The summed E-state index contributed by atoms with van der Waals surface area (Å²) < 4.78 is -0.200. The van der Waals surface area contributed by atoms with Crippen molar-refractivity contribution in [3.8, 4) is 0 Å². The largest absolute Gasteiger partial charge is 0.633 e. The lowest BCUT2D eigenvalue weighted by molar-refractivity contribution is -0.875. The number of quaternary nitrogens is 1. The van der Waals surface area contributed by atoms with Crippen LogP contribution < -0.4 is 5.32 Å². The maximum atomic E-state index is 12.2. The Morgan fingerprint density at radius 3 is 2.40 bits per heavy atom. The molecule has 0 heterocycles. The average Bonchev–Trinajstić information content (AvgIpc) is 2.63. The van der Waals surface area contributed by atoms with E-state index in [1.54, 1.807) is 6.92 Å². The highest BCUT2D eigenvalue weighted by Crippen LogP contribution is 2.20. The molecule has 6 heteroatoms. The summed E-state index contributed by atoms with van der Waals surface area (Å²) in [4.78, 5) is 15.8. The molecule has 0 spiro atoms. The topological polar surface area (TPSA) is 84.8 Å². The predicted octanol–water partition coefficient (Wildman–Crippen LogP) is 3.50. The van der Waals surface area contributed by atoms with Gasteiger partial charge in [-0.05, 0) is 57.2 Å². The molecular formula is C19H25N3O3. The molecule has 25 heavy (non-hydrogen) atoms. The van der Waals surface area contributed by atoms with Gasteiger partial charge in [0.25, 0.3) is 0 Å². The lowest BCUT2D eigenvalue weighted by Gasteiger charge is -2.41. The molecule has 0 saturated heterocycles.